The predicted molar refractivity (Wildman–Crippen MR) is 113 cm³/mol. The standard InChI is InChI=1S/C21H21ClN4O4/c1-30-18-5-3-13(22)9-14(18)12-2-4-16-15(8-12)21(29)26-7-6-25(19(27)10-23)11-17(26)20(28)24-16/h2-5,8-9,17H,6-7,10-11,23H2,1H3,(H,24,28)/t17-/m0/s1. The molecule has 30 heavy (non-hydrogen) atoms. The molecule has 2 aromatic carbocycles. The van der Waals surface area contributed by atoms with Crippen LogP contribution in [0.15, 0.2) is 36.4 Å². The number of piperazine rings is 1. The lowest BCUT2D eigenvalue weighted by atomic mass is 10.00. The molecule has 0 bridgehead atoms. The van der Waals surface area contributed by atoms with Gasteiger partial charge in [-0.25, -0.2) is 0 Å². The van der Waals surface area contributed by atoms with Crippen molar-refractivity contribution in [2.45, 2.75) is 6.04 Å². The number of ether oxygens (including phenoxy) is 1. The average Bonchev–Trinajstić information content (AvgIpc) is 2.87. The maximum Gasteiger partial charge on any atom is 0.256 e. The van der Waals surface area contributed by atoms with Crippen molar-refractivity contribution in [2.75, 3.05) is 38.6 Å². The van der Waals surface area contributed by atoms with E-state index < -0.39 is 6.04 Å². The summed E-state index contributed by atoms with van der Waals surface area (Å²) in [5.74, 6) is -0.219. The third-order valence-corrected chi connectivity index (χ3v) is 5.69. The molecule has 3 N–H and O–H groups in total. The van der Waals surface area contributed by atoms with Gasteiger partial charge in [-0.05, 0) is 35.9 Å². The highest BCUT2D eigenvalue weighted by atomic mass is 35.5. The van der Waals surface area contributed by atoms with Crippen LogP contribution in [0.1, 0.15) is 10.4 Å². The van der Waals surface area contributed by atoms with Gasteiger partial charge in [-0.3, -0.25) is 14.4 Å². The third-order valence-electron chi connectivity index (χ3n) is 5.45. The number of halogens is 1. The Morgan fingerprint density at radius 2 is 2.00 bits per heavy atom. The number of hydrogen-bond donors (Lipinski definition) is 2. The molecule has 0 radical (unpaired) electrons. The van der Waals surface area contributed by atoms with Crippen molar-refractivity contribution < 1.29 is 19.1 Å². The first-order chi connectivity index (χ1) is 14.4. The van der Waals surface area contributed by atoms with Crippen LogP contribution in [0.25, 0.3) is 11.1 Å². The number of nitrogens with one attached hydrogen (secondary N) is 1. The lowest BCUT2D eigenvalue weighted by Gasteiger charge is -2.39. The molecule has 1 fully saturated rings. The van der Waals surface area contributed by atoms with E-state index in [0.29, 0.717) is 28.6 Å². The first-order valence-corrected chi connectivity index (χ1v) is 9.88. The number of nitrogens with zero attached hydrogens (tertiary/aromatic N) is 2. The SMILES string of the molecule is COc1ccc(Cl)cc1-c1ccc2c(c1)C(=O)N1CCN(C(=O)CN)C[C@H]1C(=O)N2. The Hall–Kier alpha value is -3.10. The highest BCUT2D eigenvalue weighted by Crippen LogP contribution is 2.36. The number of hydrogen-bond acceptors (Lipinski definition) is 5. The van der Waals surface area contributed by atoms with Crippen LogP contribution < -0.4 is 15.8 Å². The van der Waals surface area contributed by atoms with E-state index in [9.17, 15) is 14.4 Å². The number of rotatable bonds is 3. The summed E-state index contributed by atoms with van der Waals surface area (Å²) >= 11 is 6.15. The summed E-state index contributed by atoms with van der Waals surface area (Å²) < 4.78 is 5.43. The zero-order valence-corrected chi connectivity index (χ0v) is 17.1. The quantitative estimate of drug-likeness (QED) is 0.772. The molecule has 2 aliphatic rings. The van der Waals surface area contributed by atoms with Gasteiger partial charge >= 0.3 is 0 Å². The molecule has 3 amide bonds. The van der Waals surface area contributed by atoms with Crippen molar-refractivity contribution in [3.05, 3.63) is 47.0 Å². The van der Waals surface area contributed by atoms with E-state index in [4.69, 9.17) is 22.1 Å². The minimum atomic E-state index is -0.765. The fraction of sp³-hybridized carbons (Fsp3) is 0.286. The Morgan fingerprint density at radius 1 is 1.20 bits per heavy atom. The smallest absolute Gasteiger partial charge is 0.256 e. The Bertz CT molecular complexity index is 1040. The van der Waals surface area contributed by atoms with Crippen LogP contribution in [0, 0.1) is 0 Å². The molecule has 9 heteroatoms. The average molecular weight is 429 g/mol. The van der Waals surface area contributed by atoms with Gasteiger partial charge in [-0.2, -0.15) is 0 Å². The number of carbonyl (C=O) groups excluding carboxylic acids is 3. The summed E-state index contributed by atoms with van der Waals surface area (Å²) in [6.07, 6.45) is 0. The lowest BCUT2D eigenvalue weighted by Crippen LogP contribution is -2.60. The molecule has 156 valence electrons. The minimum Gasteiger partial charge on any atom is -0.496 e. The Labute approximate surface area is 178 Å². The molecule has 0 saturated carbocycles. The summed E-state index contributed by atoms with van der Waals surface area (Å²) in [5, 5.41) is 3.36. The van der Waals surface area contributed by atoms with Gasteiger partial charge < -0.3 is 25.6 Å². The fourth-order valence-corrected chi connectivity index (χ4v) is 4.05. The molecule has 1 saturated heterocycles. The van der Waals surface area contributed by atoms with E-state index in [1.807, 2.05) is 0 Å². The minimum absolute atomic E-state index is 0.122. The van der Waals surface area contributed by atoms with Crippen LogP contribution in [-0.2, 0) is 9.59 Å². The molecule has 8 nitrogen and oxygen atoms in total. The Balaban J connectivity index is 1.72. The Kier molecular flexibility index (Phi) is 5.36. The number of nitrogens with two attached hydrogens (primary N) is 1. The largest absolute Gasteiger partial charge is 0.496 e. The maximum absolute atomic E-state index is 13.3. The number of methoxy groups -OCH3 is 1. The van der Waals surface area contributed by atoms with Crippen molar-refractivity contribution in [1.29, 1.82) is 0 Å². The van der Waals surface area contributed by atoms with E-state index in [1.54, 1.807) is 43.5 Å². The molecule has 4 rings (SSSR count). The second-order valence-corrected chi connectivity index (χ2v) is 7.59. The number of benzene rings is 2. The van der Waals surface area contributed by atoms with Gasteiger partial charge in [0, 0.05) is 23.7 Å². The lowest BCUT2D eigenvalue weighted by molar-refractivity contribution is -0.134. The number of anilines is 1. The highest BCUT2D eigenvalue weighted by molar-refractivity contribution is 6.31. The van der Waals surface area contributed by atoms with Crippen molar-refractivity contribution in [3.63, 3.8) is 0 Å². The van der Waals surface area contributed by atoms with Crippen LogP contribution in [0.4, 0.5) is 5.69 Å². The van der Waals surface area contributed by atoms with Crippen molar-refractivity contribution in [3.8, 4) is 16.9 Å². The summed E-state index contributed by atoms with van der Waals surface area (Å²) in [6.45, 7) is 0.583. The van der Waals surface area contributed by atoms with Gasteiger partial charge in [0.1, 0.15) is 11.8 Å². The zero-order chi connectivity index (χ0) is 21.4. The molecule has 2 heterocycles. The summed E-state index contributed by atoms with van der Waals surface area (Å²) in [4.78, 5) is 41.1. The van der Waals surface area contributed by atoms with Gasteiger partial charge in [0.25, 0.3) is 5.91 Å². The number of amides is 3. The molecule has 1 atom stereocenters. The van der Waals surface area contributed by atoms with Crippen LogP contribution in [0.5, 0.6) is 5.75 Å². The van der Waals surface area contributed by atoms with Crippen molar-refractivity contribution in [2.24, 2.45) is 5.73 Å². The second-order valence-electron chi connectivity index (χ2n) is 7.15. The molecule has 0 spiro atoms. The monoisotopic (exact) mass is 428 g/mol. The van der Waals surface area contributed by atoms with Gasteiger partial charge in [0.05, 0.1) is 31.5 Å². The van der Waals surface area contributed by atoms with E-state index in [-0.39, 0.29) is 37.4 Å². The van der Waals surface area contributed by atoms with Crippen LogP contribution >= 0.6 is 11.6 Å². The zero-order valence-electron chi connectivity index (χ0n) is 16.4. The normalized spacial score (nSPS) is 18.3. The molecule has 2 aromatic rings. The number of fused-ring (bicyclic) bond motifs is 2. The van der Waals surface area contributed by atoms with Gasteiger partial charge in [0.2, 0.25) is 11.8 Å². The maximum atomic E-state index is 13.3. The summed E-state index contributed by atoms with van der Waals surface area (Å²) in [7, 11) is 1.56. The number of carbonyl (C=O) groups is 3. The van der Waals surface area contributed by atoms with Crippen LogP contribution in [0.2, 0.25) is 5.02 Å². The van der Waals surface area contributed by atoms with Crippen molar-refractivity contribution >= 4 is 35.0 Å². The van der Waals surface area contributed by atoms with E-state index in [0.717, 1.165) is 11.1 Å². The fourth-order valence-electron chi connectivity index (χ4n) is 3.88. The van der Waals surface area contributed by atoms with Gasteiger partial charge in [-0.1, -0.05) is 17.7 Å². The second kappa shape index (κ2) is 7.97. The first-order valence-electron chi connectivity index (χ1n) is 9.50. The third kappa shape index (κ3) is 3.48. The van der Waals surface area contributed by atoms with E-state index >= 15 is 0 Å². The molecular formula is C21H21ClN4O4. The summed E-state index contributed by atoms with van der Waals surface area (Å²) in [5.41, 5.74) is 7.74. The van der Waals surface area contributed by atoms with Crippen molar-refractivity contribution in [1.82, 2.24) is 9.80 Å². The van der Waals surface area contributed by atoms with Crippen LogP contribution in [-0.4, -0.2) is 66.9 Å². The van der Waals surface area contributed by atoms with Gasteiger partial charge in [-0.15, -0.1) is 0 Å². The van der Waals surface area contributed by atoms with E-state index in [1.165, 1.54) is 9.80 Å². The summed E-state index contributed by atoms with van der Waals surface area (Å²) in [6, 6.07) is 9.71. The van der Waals surface area contributed by atoms with E-state index in [2.05, 4.69) is 5.32 Å². The van der Waals surface area contributed by atoms with Gasteiger partial charge in [0.15, 0.2) is 0 Å². The topological polar surface area (TPSA) is 105 Å². The van der Waals surface area contributed by atoms with Crippen LogP contribution in [0.3, 0.4) is 0 Å². The molecule has 0 aliphatic carbocycles. The predicted octanol–water partition coefficient (Wildman–Crippen LogP) is 1.58. The highest BCUT2D eigenvalue weighted by Gasteiger charge is 2.40. The molecule has 2 aliphatic heterocycles. The first kappa shape index (κ1) is 20.2. The molecular weight excluding hydrogens is 408 g/mol. The molecule has 0 aromatic heterocycles. The Morgan fingerprint density at radius 3 is 2.73 bits per heavy atom. The molecule has 0 unspecified atom stereocenters.